The summed E-state index contributed by atoms with van der Waals surface area (Å²) in [4.78, 5) is 16.2. The summed E-state index contributed by atoms with van der Waals surface area (Å²) >= 11 is 3.56. The third-order valence-corrected chi connectivity index (χ3v) is 4.99. The summed E-state index contributed by atoms with van der Waals surface area (Å²) in [5.74, 6) is 0.745. The molecule has 1 aliphatic carbocycles. The number of carbonyl (C=O) groups excluding carboxylic acids is 1. The van der Waals surface area contributed by atoms with Gasteiger partial charge in [-0.3, -0.25) is 4.79 Å². The number of amides is 1. The molecule has 5 heteroatoms. The van der Waals surface area contributed by atoms with Crippen molar-refractivity contribution in [2.45, 2.75) is 38.1 Å². The number of aromatic nitrogens is 2. The first kappa shape index (κ1) is 13.6. The first-order chi connectivity index (χ1) is 8.56. The Labute approximate surface area is 116 Å². The van der Waals surface area contributed by atoms with Gasteiger partial charge in [-0.2, -0.15) is 0 Å². The second kappa shape index (κ2) is 5.43. The Hall–Kier alpha value is -0.840. The lowest BCUT2D eigenvalue weighted by atomic mass is 9.78. The number of aryl methyl sites for hydroxylation is 1. The van der Waals surface area contributed by atoms with Crippen molar-refractivity contribution in [3.8, 4) is 0 Å². The quantitative estimate of drug-likeness (QED) is 0.871. The monoisotopic (exact) mass is 313 g/mol. The topological polar surface area (TPSA) is 46.9 Å². The van der Waals surface area contributed by atoms with Gasteiger partial charge in [-0.25, -0.2) is 4.98 Å². The number of rotatable bonds is 3. The van der Waals surface area contributed by atoms with Crippen molar-refractivity contribution >= 4 is 21.8 Å². The number of nitrogens with one attached hydrogen (secondary N) is 1. The van der Waals surface area contributed by atoms with E-state index in [1.54, 1.807) is 17.1 Å². The zero-order valence-corrected chi connectivity index (χ0v) is 12.5. The average molecular weight is 314 g/mol. The molecule has 0 unspecified atom stereocenters. The molecule has 2 rings (SSSR count). The van der Waals surface area contributed by atoms with Gasteiger partial charge in [0.15, 0.2) is 0 Å². The lowest BCUT2D eigenvalue weighted by Crippen LogP contribution is -2.52. The SMILES string of the molecule is CC1CCC(CBr)(NC(=O)c2cncn2C)CC1. The first-order valence-electron chi connectivity index (χ1n) is 6.41. The second-order valence-electron chi connectivity index (χ2n) is 5.44. The summed E-state index contributed by atoms with van der Waals surface area (Å²) in [6.45, 7) is 2.28. The number of nitrogens with zero attached hydrogens (tertiary/aromatic N) is 2. The second-order valence-corrected chi connectivity index (χ2v) is 6.00. The molecule has 1 aromatic heterocycles. The van der Waals surface area contributed by atoms with Gasteiger partial charge in [-0.05, 0) is 31.6 Å². The minimum atomic E-state index is -0.0894. The van der Waals surface area contributed by atoms with Crippen LogP contribution in [0.15, 0.2) is 12.5 Å². The number of alkyl halides is 1. The van der Waals surface area contributed by atoms with E-state index in [1.165, 1.54) is 12.8 Å². The highest BCUT2D eigenvalue weighted by Crippen LogP contribution is 2.33. The van der Waals surface area contributed by atoms with Crippen molar-refractivity contribution in [1.82, 2.24) is 14.9 Å². The van der Waals surface area contributed by atoms with E-state index < -0.39 is 0 Å². The maximum Gasteiger partial charge on any atom is 0.270 e. The van der Waals surface area contributed by atoms with Gasteiger partial charge < -0.3 is 9.88 Å². The maximum absolute atomic E-state index is 12.2. The van der Waals surface area contributed by atoms with E-state index in [0.29, 0.717) is 5.69 Å². The summed E-state index contributed by atoms with van der Waals surface area (Å²) in [7, 11) is 1.84. The average Bonchev–Trinajstić information content (AvgIpc) is 2.79. The van der Waals surface area contributed by atoms with E-state index in [0.717, 1.165) is 24.1 Å². The fourth-order valence-corrected chi connectivity index (χ4v) is 3.19. The highest BCUT2D eigenvalue weighted by atomic mass is 79.9. The van der Waals surface area contributed by atoms with E-state index in [-0.39, 0.29) is 11.4 Å². The maximum atomic E-state index is 12.2. The predicted octanol–water partition coefficient (Wildman–Crippen LogP) is 2.49. The molecule has 0 bridgehead atoms. The molecule has 18 heavy (non-hydrogen) atoms. The third kappa shape index (κ3) is 2.76. The van der Waals surface area contributed by atoms with E-state index in [2.05, 4.69) is 33.2 Å². The van der Waals surface area contributed by atoms with Gasteiger partial charge >= 0.3 is 0 Å². The van der Waals surface area contributed by atoms with E-state index in [1.807, 2.05) is 7.05 Å². The van der Waals surface area contributed by atoms with Crippen molar-refractivity contribution in [1.29, 1.82) is 0 Å². The van der Waals surface area contributed by atoms with Crippen LogP contribution in [0.2, 0.25) is 0 Å². The summed E-state index contributed by atoms with van der Waals surface area (Å²) in [6.07, 6.45) is 7.71. The summed E-state index contributed by atoms with van der Waals surface area (Å²) < 4.78 is 1.75. The molecule has 1 heterocycles. The summed E-state index contributed by atoms with van der Waals surface area (Å²) in [5, 5.41) is 4.01. The van der Waals surface area contributed by atoms with Crippen LogP contribution in [-0.2, 0) is 7.05 Å². The fourth-order valence-electron chi connectivity index (χ4n) is 2.49. The fraction of sp³-hybridized carbons (Fsp3) is 0.692. The van der Waals surface area contributed by atoms with Gasteiger partial charge in [-0.1, -0.05) is 22.9 Å². The van der Waals surface area contributed by atoms with Crippen LogP contribution in [0.1, 0.15) is 43.1 Å². The first-order valence-corrected chi connectivity index (χ1v) is 7.53. The molecule has 0 spiro atoms. The molecule has 1 fully saturated rings. The van der Waals surface area contributed by atoms with Crippen LogP contribution in [0.5, 0.6) is 0 Å². The molecule has 0 radical (unpaired) electrons. The number of carbonyl (C=O) groups is 1. The highest BCUT2D eigenvalue weighted by molar-refractivity contribution is 9.09. The summed E-state index contributed by atoms with van der Waals surface area (Å²) in [5.41, 5.74) is 0.530. The molecule has 0 saturated heterocycles. The zero-order chi connectivity index (χ0) is 13.2. The van der Waals surface area contributed by atoms with Gasteiger partial charge in [0.25, 0.3) is 5.91 Å². The largest absolute Gasteiger partial charge is 0.344 e. The molecule has 1 aliphatic rings. The van der Waals surface area contributed by atoms with Crippen molar-refractivity contribution in [2.75, 3.05) is 5.33 Å². The molecular formula is C13H20BrN3O. The van der Waals surface area contributed by atoms with E-state index in [4.69, 9.17) is 0 Å². The third-order valence-electron chi connectivity index (χ3n) is 3.92. The lowest BCUT2D eigenvalue weighted by Gasteiger charge is -2.38. The Balaban J connectivity index is 2.07. The van der Waals surface area contributed by atoms with Gasteiger partial charge in [0, 0.05) is 12.4 Å². The minimum Gasteiger partial charge on any atom is -0.344 e. The Morgan fingerprint density at radius 3 is 2.78 bits per heavy atom. The Kier molecular flexibility index (Phi) is 4.10. The molecule has 1 saturated carbocycles. The van der Waals surface area contributed by atoms with Gasteiger partial charge in [0.05, 0.1) is 18.1 Å². The Bertz CT molecular complexity index is 422. The molecular weight excluding hydrogens is 294 g/mol. The predicted molar refractivity (Wildman–Crippen MR) is 74.8 cm³/mol. The van der Waals surface area contributed by atoms with E-state index >= 15 is 0 Å². The molecule has 1 amide bonds. The lowest BCUT2D eigenvalue weighted by molar-refractivity contribution is 0.0866. The Morgan fingerprint density at radius 2 is 2.28 bits per heavy atom. The molecule has 0 aliphatic heterocycles. The highest BCUT2D eigenvalue weighted by Gasteiger charge is 2.35. The molecule has 0 aromatic carbocycles. The van der Waals surface area contributed by atoms with Crippen LogP contribution in [0, 0.1) is 5.92 Å². The zero-order valence-electron chi connectivity index (χ0n) is 10.9. The normalized spacial score (nSPS) is 28.1. The standard InChI is InChI=1S/C13H20BrN3O/c1-10-3-5-13(8-14,6-4-10)16-12(18)11-7-15-9-17(11)2/h7,9-10H,3-6,8H2,1-2H3,(H,16,18). The van der Waals surface area contributed by atoms with Crippen molar-refractivity contribution in [2.24, 2.45) is 13.0 Å². The van der Waals surface area contributed by atoms with Crippen LogP contribution in [-0.4, -0.2) is 26.3 Å². The smallest absolute Gasteiger partial charge is 0.270 e. The molecule has 100 valence electrons. The number of hydrogen-bond donors (Lipinski definition) is 1. The molecule has 0 atom stereocenters. The Morgan fingerprint density at radius 1 is 1.61 bits per heavy atom. The van der Waals surface area contributed by atoms with Crippen molar-refractivity contribution in [3.05, 3.63) is 18.2 Å². The number of hydrogen-bond acceptors (Lipinski definition) is 2. The molecule has 1 N–H and O–H groups in total. The van der Waals surface area contributed by atoms with Crippen LogP contribution in [0.25, 0.3) is 0 Å². The van der Waals surface area contributed by atoms with Gasteiger partial charge in [-0.15, -0.1) is 0 Å². The van der Waals surface area contributed by atoms with Crippen LogP contribution >= 0.6 is 15.9 Å². The van der Waals surface area contributed by atoms with E-state index in [9.17, 15) is 4.79 Å². The van der Waals surface area contributed by atoms with Crippen LogP contribution < -0.4 is 5.32 Å². The van der Waals surface area contributed by atoms with Crippen LogP contribution in [0.4, 0.5) is 0 Å². The number of halogens is 1. The van der Waals surface area contributed by atoms with Gasteiger partial charge in [0.2, 0.25) is 0 Å². The van der Waals surface area contributed by atoms with Crippen molar-refractivity contribution in [3.63, 3.8) is 0 Å². The van der Waals surface area contributed by atoms with Crippen LogP contribution in [0.3, 0.4) is 0 Å². The molecule has 1 aromatic rings. The van der Waals surface area contributed by atoms with Gasteiger partial charge in [0.1, 0.15) is 5.69 Å². The molecule has 4 nitrogen and oxygen atoms in total. The summed E-state index contributed by atoms with van der Waals surface area (Å²) in [6, 6.07) is 0. The minimum absolute atomic E-state index is 0.0241. The van der Waals surface area contributed by atoms with Crippen molar-refractivity contribution < 1.29 is 4.79 Å². The number of imidazole rings is 1.